The first-order valence-corrected chi connectivity index (χ1v) is 9.24. The molecule has 0 spiro atoms. The molecule has 28 heavy (non-hydrogen) atoms. The Morgan fingerprint density at radius 1 is 1.18 bits per heavy atom. The molecule has 14 nitrogen and oxygen atoms in total. The van der Waals surface area contributed by atoms with Crippen LogP contribution in [-0.4, -0.2) is 84.0 Å². The third-order valence-corrected chi connectivity index (χ3v) is 3.54. The van der Waals surface area contributed by atoms with E-state index in [0.29, 0.717) is 0 Å². The normalized spacial score (nSPS) is 15.3. The van der Waals surface area contributed by atoms with Crippen molar-refractivity contribution in [2.45, 2.75) is 18.9 Å². The number of rotatable bonds is 10. The van der Waals surface area contributed by atoms with Crippen molar-refractivity contribution >= 4 is 37.6 Å². The van der Waals surface area contributed by atoms with Gasteiger partial charge >= 0.3 is 19.9 Å². The van der Waals surface area contributed by atoms with Gasteiger partial charge in [0.1, 0.15) is 19.8 Å². The molecule has 1 aliphatic rings. The molecule has 0 saturated carbocycles. The number of ether oxygens (including phenoxy) is 3. The molecule has 1 aliphatic heterocycles. The first-order chi connectivity index (χ1) is 13.0. The van der Waals surface area contributed by atoms with E-state index in [0.717, 1.165) is 0 Å². The second-order valence-electron chi connectivity index (χ2n) is 5.31. The second-order valence-corrected chi connectivity index (χ2v) is 6.55. The van der Waals surface area contributed by atoms with Crippen molar-refractivity contribution in [1.29, 1.82) is 0 Å². The first kappa shape index (κ1) is 23.7. The smallest absolute Gasteiger partial charge is 0.455 e. The topological polar surface area (TPSA) is 195 Å². The summed E-state index contributed by atoms with van der Waals surface area (Å²) >= 11 is 0. The zero-order chi connectivity index (χ0) is 21.3. The number of methoxy groups -OCH3 is 1. The van der Waals surface area contributed by atoms with Crippen molar-refractivity contribution in [3.8, 4) is 0 Å². The summed E-state index contributed by atoms with van der Waals surface area (Å²) < 4.78 is 29.0. The molecule has 4 amide bonds. The van der Waals surface area contributed by atoms with E-state index in [9.17, 15) is 28.5 Å². The molecule has 1 heterocycles. The molecule has 0 aliphatic carbocycles. The van der Waals surface area contributed by atoms with Crippen LogP contribution in [-0.2, 0) is 42.5 Å². The maximum absolute atomic E-state index is 11.8. The van der Waals surface area contributed by atoms with Gasteiger partial charge in [-0.15, -0.1) is 0 Å². The number of hydrogen-bond donors (Lipinski definition) is 3. The van der Waals surface area contributed by atoms with Crippen molar-refractivity contribution < 1.29 is 57.1 Å². The third-order valence-electron chi connectivity index (χ3n) is 3.06. The van der Waals surface area contributed by atoms with Gasteiger partial charge in [0.15, 0.2) is 6.10 Å². The summed E-state index contributed by atoms with van der Waals surface area (Å²) in [5, 5.41) is 2.14. The highest BCUT2D eigenvalue weighted by atomic mass is 31.2. The number of nitrogens with one attached hydrogen (secondary N) is 1. The predicted octanol–water partition coefficient (Wildman–Crippen LogP) is -1.94. The summed E-state index contributed by atoms with van der Waals surface area (Å²) in [7, 11) is -3.67. The molecule has 1 atom stereocenters. The number of phosphoric acid groups is 1. The number of carbonyl (C=O) groups is 5. The second kappa shape index (κ2) is 10.8. The van der Waals surface area contributed by atoms with E-state index >= 15 is 0 Å². The van der Waals surface area contributed by atoms with Crippen LogP contribution in [0, 0.1) is 0 Å². The minimum absolute atomic E-state index is 0.158. The fourth-order valence-corrected chi connectivity index (χ4v) is 2.25. The first-order valence-electron chi connectivity index (χ1n) is 7.71. The van der Waals surface area contributed by atoms with E-state index in [1.165, 1.54) is 7.11 Å². The Kier molecular flexibility index (Phi) is 9.15. The number of amides is 4. The van der Waals surface area contributed by atoms with E-state index in [4.69, 9.17) is 14.5 Å². The number of imide groups is 3. The highest BCUT2D eigenvalue weighted by Gasteiger charge is 2.36. The number of hydrogen-bond acceptors (Lipinski definition) is 10. The van der Waals surface area contributed by atoms with Gasteiger partial charge in [-0.25, -0.2) is 9.36 Å². The maximum Gasteiger partial charge on any atom is 0.469 e. The minimum atomic E-state index is -4.93. The van der Waals surface area contributed by atoms with Crippen molar-refractivity contribution in [2.75, 3.05) is 33.5 Å². The quantitative estimate of drug-likeness (QED) is 0.199. The molecule has 158 valence electrons. The average molecular weight is 426 g/mol. The van der Waals surface area contributed by atoms with Gasteiger partial charge in [0.05, 0.1) is 6.61 Å². The van der Waals surface area contributed by atoms with Crippen LogP contribution in [0.25, 0.3) is 0 Å². The highest BCUT2D eigenvalue weighted by molar-refractivity contribution is 7.46. The van der Waals surface area contributed by atoms with E-state index < -0.39 is 63.5 Å². The number of carbonyl (C=O) groups excluding carboxylic acids is 5. The predicted molar refractivity (Wildman–Crippen MR) is 85.2 cm³/mol. The fraction of sp³-hybridized carbons (Fsp3) is 0.615. The molecule has 1 rings (SSSR count). The maximum atomic E-state index is 11.8. The molecule has 1 unspecified atom stereocenters. The van der Waals surface area contributed by atoms with Crippen LogP contribution < -0.4 is 5.32 Å². The Bertz CT molecular complexity index is 658. The summed E-state index contributed by atoms with van der Waals surface area (Å²) in [4.78, 5) is 75.3. The zero-order valence-corrected chi connectivity index (χ0v) is 15.6. The Hall–Kier alpha value is -2.38. The summed E-state index contributed by atoms with van der Waals surface area (Å²) in [5.41, 5.74) is 0. The van der Waals surface area contributed by atoms with Crippen molar-refractivity contribution in [1.82, 2.24) is 10.2 Å². The van der Waals surface area contributed by atoms with Crippen LogP contribution >= 0.6 is 7.82 Å². The van der Waals surface area contributed by atoms with Gasteiger partial charge in [0.25, 0.3) is 0 Å². The van der Waals surface area contributed by atoms with Gasteiger partial charge in [-0.05, 0) is 0 Å². The molecule has 15 heteroatoms. The van der Waals surface area contributed by atoms with E-state index in [1.54, 1.807) is 0 Å². The number of esters is 1. The van der Waals surface area contributed by atoms with Gasteiger partial charge in [-0.1, -0.05) is 0 Å². The van der Waals surface area contributed by atoms with Gasteiger partial charge in [0.2, 0.25) is 17.7 Å². The SMILES string of the molecule is COCC(=O)NCC(=O)OC(COC(=O)N1C(=O)CCC1=O)COP(=O)(O)O. The van der Waals surface area contributed by atoms with Crippen LogP contribution in [0.4, 0.5) is 4.79 Å². The molecule has 3 N–H and O–H groups in total. The molecule has 0 radical (unpaired) electrons. The number of likely N-dealkylation sites (tertiary alicyclic amines) is 1. The number of phosphoric ester groups is 1. The van der Waals surface area contributed by atoms with Gasteiger partial charge in [-0.2, -0.15) is 4.90 Å². The lowest BCUT2D eigenvalue weighted by atomic mass is 10.4. The van der Waals surface area contributed by atoms with Crippen LogP contribution in [0.1, 0.15) is 12.8 Å². The van der Waals surface area contributed by atoms with Crippen molar-refractivity contribution in [2.24, 2.45) is 0 Å². The number of nitrogens with zero attached hydrogens (tertiary/aromatic N) is 1. The third kappa shape index (κ3) is 8.54. The lowest BCUT2D eigenvalue weighted by molar-refractivity contribution is -0.154. The summed E-state index contributed by atoms with van der Waals surface area (Å²) in [6, 6.07) is 0. The molecular weight excluding hydrogens is 407 g/mol. The lowest BCUT2D eigenvalue weighted by Gasteiger charge is -2.19. The Labute approximate surface area is 158 Å². The Morgan fingerprint density at radius 3 is 2.32 bits per heavy atom. The Morgan fingerprint density at radius 2 is 1.79 bits per heavy atom. The van der Waals surface area contributed by atoms with Gasteiger partial charge in [-0.3, -0.25) is 23.7 Å². The van der Waals surface area contributed by atoms with Gasteiger partial charge < -0.3 is 29.3 Å². The van der Waals surface area contributed by atoms with E-state index in [2.05, 4.69) is 19.3 Å². The monoisotopic (exact) mass is 426 g/mol. The molecule has 0 aromatic rings. The molecule has 0 bridgehead atoms. The van der Waals surface area contributed by atoms with Crippen LogP contribution in [0.2, 0.25) is 0 Å². The minimum Gasteiger partial charge on any atom is -0.455 e. The fourth-order valence-electron chi connectivity index (χ4n) is 1.89. The molecular formula is C13H19N2O12P. The molecule has 1 fully saturated rings. The van der Waals surface area contributed by atoms with Crippen LogP contribution in [0.5, 0.6) is 0 Å². The van der Waals surface area contributed by atoms with Crippen LogP contribution in [0.15, 0.2) is 0 Å². The standard InChI is InChI=1S/C13H19N2O12P/c1-24-7-9(16)14-4-12(19)27-8(6-26-28(21,22)23)5-25-13(20)15-10(17)2-3-11(15)18/h8H,2-7H2,1H3,(H,14,16)(H2,21,22,23). The van der Waals surface area contributed by atoms with Crippen molar-refractivity contribution in [3.63, 3.8) is 0 Å². The molecule has 0 aromatic heterocycles. The molecule has 0 aromatic carbocycles. The van der Waals surface area contributed by atoms with E-state index in [1.807, 2.05) is 0 Å². The van der Waals surface area contributed by atoms with Crippen molar-refractivity contribution in [3.05, 3.63) is 0 Å². The average Bonchev–Trinajstić information content (AvgIpc) is 2.93. The van der Waals surface area contributed by atoms with Gasteiger partial charge in [0, 0.05) is 20.0 Å². The van der Waals surface area contributed by atoms with Crippen LogP contribution in [0.3, 0.4) is 0 Å². The highest BCUT2D eigenvalue weighted by Crippen LogP contribution is 2.35. The zero-order valence-electron chi connectivity index (χ0n) is 14.7. The van der Waals surface area contributed by atoms with E-state index in [-0.39, 0.29) is 24.3 Å². The summed E-state index contributed by atoms with van der Waals surface area (Å²) in [5.74, 6) is -3.19. The lowest BCUT2D eigenvalue weighted by Crippen LogP contribution is -2.40. The summed E-state index contributed by atoms with van der Waals surface area (Å²) in [6.07, 6.45) is -3.13. The largest absolute Gasteiger partial charge is 0.469 e. The summed E-state index contributed by atoms with van der Waals surface area (Å²) in [6.45, 7) is -2.55. The Balaban J connectivity index is 2.60. The molecule has 1 saturated heterocycles.